The standard InChI is InChI=1S/C18H26FN3O2/c1-3-9-21(10-4-2)17(23)18(24)22-13-11-20(12-14-22)16-8-6-5-7-15(16)19/h5-8H,3-4,9-14H2,1-2H3. The molecule has 0 N–H and O–H groups in total. The normalized spacial score (nSPS) is 14.6. The Kier molecular flexibility index (Phi) is 6.58. The molecule has 0 aliphatic carbocycles. The molecule has 5 nitrogen and oxygen atoms in total. The van der Waals surface area contributed by atoms with Crippen LogP contribution >= 0.6 is 0 Å². The highest BCUT2D eigenvalue weighted by atomic mass is 19.1. The Labute approximate surface area is 143 Å². The van der Waals surface area contributed by atoms with Crippen molar-refractivity contribution in [2.45, 2.75) is 26.7 Å². The monoisotopic (exact) mass is 335 g/mol. The Morgan fingerprint density at radius 1 is 1.04 bits per heavy atom. The van der Waals surface area contributed by atoms with Gasteiger partial charge in [-0.25, -0.2) is 4.39 Å². The van der Waals surface area contributed by atoms with Crippen LogP contribution in [0, 0.1) is 5.82 Å². The lowest BCUT2D eigenvalue weighted by Gasteiger charge is -2.36. The molecule has 1 aromatic carbocycles. The third kappa shape index (κ3) is 4.24. The second kappa shape index (κ2) is 8.66. The molecule has 2 amide bonds. The summed E-state index contributed by atoms with van der Waals surface area (Å²) in [5.41, 5.74) is 0.550. The van der Waals surface area contributed by atoms with Crippen molar-refractivity contribution >= 4 is 17.5 Å². The van der Waals surface area contributed by atoms with Crippen molar-refractivity contribution in [3.8, 4) is 0 Å². The van der Waals surface area contributed by atoms with E-state index in [1.165, 1.54) is 6.07 Å². The number of halogens is 1. The van der Waals surface area contributed by atoms with Gasteiger partial charge in [0.25, 0.3) is 0 Å². The molecule has 0 aromatic heterocycles. The van der Waals surface area contributed by atoms with Crippen molar-refractivity contribution in [3.63, 3.8) is 0 Å². The Bertz CT molecular complexity index is 565. The fraction of sp³-hybridized carbons (Fsp3) is 0.556. The van der Waals surface area contributed by atoms with Gasteiger partial charge in [0.2, 0.25) is 0 Å². The first-order chi connectivity index (χ1) is 11.6. The molecule has 0 spiro atoms. The van der Waals surface area contributed by atoms with E-state index in [0.29, 0.717) is 45.0 Å². The number of carbonyl (C=O) groups is 2. The minimum absolute atomic E-state index is 0.259. The molecule has 132 valence electrons. The molecule has 0 saturated carbocycles. The molecule has 2 rings (SSSR count). The number of nitrogens with zero attached hydrogens (tertiary/aromatic N) is 3. The van der Waals surface area contributed by atoms with Crippen LogP contribution in [0.1, 0.15) is 26.7 Å². The van der Waals surface area contributed by atoms with E-state index < -0.39 is 11.8 Å². The minimum atomic E-state index is -0.440. The Morgan fingerprint density at radius 3 is 2.17 bits per heavy atom. The van der Waals surface area contributed by atoms with Crippen molar-refractivity contribution < 1.29 is 14.0 Å². The molecule has 0 bridgehead atoms. The average Bonchev–Trinajstić information content (AvgIpc) is 2.61. The van der Waals surface area contributed by atoms with Crippen molar-refractivity contribution in [1.82, 2.24) is 9.80 Å². The van der Waals surface area contributed by atoms with E-state index in [9.17, 15) is 14.0 Å². The summed E-state index contributed by atoms with van der Waals surface area (Å²) in [5.74, 6) is -1.12. The fourth-order valence-corrected chi connectivity index (χ4v) is 2.98. The molecular weight excluding hydrogens is 309 g/mol. The number of para-hydroxylation sites is 1. The third-order valence-corrected chi connectivity index (χ3v) is 4.22. The van der Waals surface area contributed by atoms with E-state index in [1.54, 1.807) is 28.0 Å². The van der Waals surface area contributed by atoms with Gasteiger partial charge in [-0.1, -0.05) is 26.0 Å². The first-order valence-corrected chi connectivity index (χ1v) is 8.66. The smallest absolute Gasteiger partial charge is 0.312 e. The molecule has 6 heteroatoms. The van der Waals surface area contributed by atoms with Crippen LogP contribution in [-0.2, 0) is 9.59 Å². The SMILES string of the molecule is CCCN(CCC)C(=O)C(=O)N1CCN(c2ccccc2F)CC1. The van der Waals surface area contributed by atoms with E-state index in [-0.39, 0.29) is 5.82 Å². The van der Waals surface area contributed by atoms with Gasteiger partial charge in [0.05, 0.1) is 5.69 Å². The lowest BCUT2D eigenvalue weighted by Crippen LogP contribution is -2.53. The zero-order valence-electron chi connectivity index (χ0n) is 14.5. The first kappa shape index (κ1) is 18.2. The van der Waals surface area contributed by atoms with Crippen LogP contribution in [0.4, 0.5) is 10.1 Å². The highest BCUT2D eigenvalue weighted by molar-refractivity contribution is 6.34. The lowest BCUT2D eigenvalue weighted by atomic mass is 10.2. The maximum absolute atomic E-state index is 13.9. The maximum atomic E-state index is 13.9. The van der Waals surface area contributed by atoms with Crippen LogP contribution in [-0.4, -0.2) is 60.9 Å². The van der Waals surface area contributed by atoms with Gasteiger partial charge in [-0.05, 0) is 25.0 Å². The van der Waals surface area contributed by atoms with Gasteiger partial charge >= 0.3 is 11.8 Å². The summed E-state index contributed by atoms with van der Waals surface area (Å²) in [6.07, 6.45) is 1.67. The molecule has 1 heterocycles. The summed E-state index contributed by atoms with van der Waals surface area (Å²) in [5, 5.41) is 0. The summed E-state index contributed by atoms with van der Waals surface area (Å²) < 4.78 is 13.9. The van der Waals surface area contributed by atoms with Crippen molar-refractivity contribution in [2.24, 2.45) is 0 Å². The second-order valence-electron chi connectivity index (χ2n) is 6.02. The van der Waals surface area contributed by atoms with Gasteiger partial charge in [0.15, 0.2) is 0 Å². The first-order valence-electron chi connectivity index (χ1n) is 8.66. The van der Waals surface area contributed by atoms with E-state index in [0.717, 1.165) is 12.8 Å². The number of benzene rings is 1. The number of rotatable bonds is 5. The molecule has 0 atom stereocenters. The molecule has 0 unspecified atom stereocenters. The predicted molar refractivity (Wildman–Crippen MR) is 92.4 cm³/mol. The second-order valence-corrected chi connectivity index (χ2v) is 6.02. The van der Waals surface area contributed by atoms with Crippen molar-refractivity contribution in [3.05, 3.63) is 30.1 Å². The van der Waals surface area contributed by atoms with Gasteiger partial charge in [-0.15, -0.1) is 0 Å². The van der Waals surface area contributed by atoms with E-state index in [4.69, 9.17) is 0 Å². The van der Waals surface area contributed by atoms with Crippen LogP contribution in [0.5, 0.6) is 0 Å². The molecule has 1 aliphatic rings. The summed E-state index contributed by atoms with van der Waals surface area (Å²) >= 11 is 0. The number of piperazine rings is 1. The maximum Gasteiger partial charge on any atom is 0.312 e. The fourth-order valence-electron chi connectivity index (χ4n) is 2.98. The summed E-state index contributed by atoms with van der Waals surface area (Å²) in [4.78, 5) is 30.0. The summed E-state index contributed by atoms with van der Waals surface area (Å²) in [6.45, 7) is 7.13. The van der Waals surface area contributed by atoms with Crippen molar-refractivity contribution in [2.75, 3.05) is 44.2 Å². The van der Waals surface area contributed by atoms with Gasteiger partial charge in [0.1, 0.15) is 5.82 Å². The van der Waals surface area contributed by atoms with Crippen LogP contribution in [0.3, 0.4) is 0 Å². The molecule has 24 heavy (non-hydrogen) atoms. The van der Waals surface area contributed by atoms with E-state index in [2.05, 4.69) is 0 Å². The molecule has 1 saturated heterocycles. The Balaban J connectivity index is 1.94. The lowest BCUT2D eigenvalue weighted by molar-refractivity contribution is -0.152. The minimum Gasteiger partial charge on any atom is -0.366 e. The van der Waals surface area contributed by atoms with E-state index in [1.807, 2.05) is 18.7 Å². The van der Waals surface area contributed by atoms with Crippen LogP contribution in [0.15, 0.2) is 24.3 Å². The molecule has 1 fully saturated rings. The van der Waals surface area contributed by atoms with Gasteiger partial charge < -0.3 is 14.7 Å². The third-order valence-electron chi connectivity index (χ3n) is 4.22. The number of anilines is 1. The number of amides is 2. The quantitative estimate of drug-likeness (QED) is 0.774. The summed E-state index contributed by atoms with van der Waals surface area (Å²) in [6, 6.07) is 6.63. The number of carbonyl (C=O) groups excluding carboxylic acids is 2. The largest absolute Gasteiger partial charge is 0.366 e. The molecular formula is C18H26FN3O2. The van der Waals surface area contributed by atoms with Crippen LogP contribution < -0.4 is 4.90 Å². The Hall–Kier alpha value is -2.11. The zero-order valence-corrected chi connectivity index (χ0v) is 14.5. The number of hydrogen-bond acceptors (Lipinski definition) is 3. The average molecular weight is 335 g/mol. The highest BCUT2D eigenvalue weighted by Gasteiger charge is 2.29. The molecule has 1 aliphatic heterocycles. The van der Waals surface area contributed by atoms with Gasteiger partial charge in [-0.2, -0.15) is 0 Å². The Morgan fingerprint density at radius 2 is 1.62 bits per heavy atom. The summed E-state index contributed by atoms with van der Waals surface area (Å²) in [7, 11) is 0. The zero-order chi connectivity index (χ0) is 17.5. The van der Waals surface area contributed by atoms with Crippen molar-refractivity contribution in [1.29, 1.82) is 0 Å². The van der Waals surface area contributed by atoms with Crippen LogP contribution in [0.25, 0.3) is 0 Å². The predicted octanol–water partition coefficient (Wildman–Crippen LogP) is 2.12. The van der Waals surface area contributed by atoms with E-state index >= 15 is 0 Å². The van der Waals surface area contributed by atoms with Gasteiger partial charge in [-0.3, -0.25) is 9.59 Å². The molecule has 0 radical (unpaired) electrons. The van der Waals surface area contributed by atoms with Gasteiger partial charge in [0, 0.05) is 39.3 Å². The van der Waals surface area contributed by atoms with Crippen LogP contribution in [0.2, 0.25) is 0 Å². The molecule has 1 aromatic rings. The number of hydrogen-bond donors (Lipinski definition) is 0. The highest BCUT2D eigenvalue weighted by Crippen LogP contribution is 2.20. The topological polar surface area (TPSA) is 43.9 Å².